The molecule has 0 fully saturated rings. The van der Waals surface area contributed by atoms with Crippen LogP contribution >= 0.6 is 11.3 Å². The van der Waals surface area contributed by atoms with Crippen LogP contribution in [0.5, 0.6) is 0 Å². The molecule has 2 aromatic rings. The lowest BCUT2D eigenvalue weighted by Crippen LogP contribution is -2.36. The van der Waals surface area contributed by atoms with E-state index in [2.05, 4.69) is 46.6 Å². The van der Waals surface area contributed by atoms with Gasteiger partial charge in [-0.05, 0) is 20.8 Å². The van der Waals surface area contributed by atoms with E-state index < -0.39 is 0 Å². The summed E-state index contributed by atoms with van der Waals surface area (Å²) in [6.07, 6.45) is 0. The molecule has 0 spiro atoms. The normalized spacial score (nSPS) is 10.2. The fourth-order valence-corrected chi connectivity index (χ4v) is 2.93. The van der Waals surface area contributed by atoms with Gasteiger partial charge >= 0.3 is 0 Å². The van der Waals surface area contributed by atoms with Gasteiger partial charge in [0.15, 0.2) is 5.96 Å². The van der Waals surface area contributed by atoms with Crippen molar-refractivity contribution >= 4 is 17.3 Å². The first-order chi connectivity index (χ1) is 10.2. The van der Waals surface area contributed by atoms with Crippen molar-refractivity contribution in [3.05, 3.63) is 40.9 Å². The van der Waals surface area contributed by atoms with Crippen LogP contribution in [0.2, 0.25) is 0 Å². The van der Waals surface area contributed by atoms with E-state index >= 15 is 0 Å². The zero-order valence-electron chi connectivity index (χ0n) is 12.8. The summed E-state index contributed by atoms with van der Waals surface area (Å²) in [6, 6.07) is 10.3. The van der Waals surface area contributed by atoms with E-state index in [-0.39, 0.29) is 0 Å². The molecule has 0 radical (unpaired) electrons. The molecular formula is C16H22N4S. The van der Waals surface area contributed by atoms with Crippen molar-refractivity contribution in [2.45, 2.75) is 27.3 Å². The molecule has 21 heavy (non-hydrogen) atoms. The van der Waals surface area contributed by atoms with Crippen molar-refractivity contribution in [1.82, 2.24) is 15.6 Å². The Hall–Kier alpha value is -1.88. The average molecular weight is 302 g/mol. The summed E-state index contributed by atoms with van der Waals surface area (Å²) in [5, 5.41) is 7.53. The van der Waals surface area contributed by atoms with E-state index in [1.165, 1.54) is 10.4 Å². The van der Waals surface area contributed by atoms with Crippen molar-refractivity contribution in [3.63, 3.8) is 0 Å². The lowest BCUT2D eigenvalue weighted by Gasteiger charge is -2.08. The van der Waals surface area contributed by atoms with Gasteiger partial charge in [0.25, 0.3) is 0 Å². The highest BCUT2D eigenvalue weighted by molar-refractivity contribution is 7.15. The SMILES string of the molecule is CCNC(=NCc1sc(-c2ccccc2)nc1C)NCC. The number of rotatable bonds is 5. The predicted molar refractivity (Wildman–Crippen MR) is 90.8 cm³/mol. The van der Waals surface area contributed by atoms with Crippen molar-refractivity contribution in [2.75, 3.05) is 13.1 Å². The Morgan fingerprint density at radius 1 is 1.14 bits per heavy atom. The molecule has 4 nitrogen and oxygen atoms in total. The minimum atomic E-state index is 0.658. The van der Waals surface area contributed by atoms with Gasteiger partial charge in [0.2, 0.25) is 0 Å². The first-order valence-electron chi connectivity index (χ1n) is 7.28. The molecule has 2 rings (SSSR count). The molecule has 0 atom stereocenters. The zero-order valence-corrected chi connectivity index (χ0v) is 13.6. The van der Waals surface area contributed by atoms with Crippen molar-refractivity contribution in [3.8, 4) is 10.6 Å². The molecule has 0 aliphatic rings. The number of benzene rings is 1. The maximum absolute atomic E-state index is 4.66. The molecule has 0 saturated heterocycles. The smallest absolute Gasteiger partial charge is 0.191 e. The summed E-state index contributed by atoms with van der Waals surface area (Å²) in [7, 11) is 0. The number of hydrogen-bond acceptors (Lipinski definition) is 3. The maximum Gasteiger partial charge on any atom is 0.191 e. The third-order valence-corrected chi connectivity index (χ3v) is 4.17. The average Bonchev–Trinajstić information content (AvgIpc) is 2.87. The number of aryl methyl sites for hydroxylation is 1. The number of nitrogens with zero attached hydrogens (tertiary/aromatic N) is 2. The van der Waals surface area contributed by atoms with Gasteiger partial charge in [-0.2, -0.15) is 0 Å². The van der Waals surface area contributed by atoms with Gasteiger partial charge in [0, 0.05) is 23.5 Å². The Kier molecular flexibility index (Phi) is 5.75. The Bertz CT molecular complexity index is 582. The Balaban J connectivity index is 2.14. The minimum absolute atomic E-state index is 0.658. The largest absolute Gasteiger partial charge is 0.357 e. The number of aromatic nitrogens is 1. The van der Waals surface area contributed by atoms with Crippen LogP contribution in [0.3, 0.4) is 0 Å². The third-order valence-electron chi connectivity index (χ3n) is 2.98. The predicted octanol–water partition coefficient (Wildman–Crippen LogP) is 3.19. The van der Waals surface area contributed by atoms with E-state index in [0.29, 0.717) is 6.54 Å². The van der Waals surface area contributed by atoms with Crippen LogP contribution in [0.4, 0.5) is 0 Å². The second-order valence-corrected chi connectivity index (χ2v) is 5.70. The summed E-state index contributed by atoms with van der Waals surface area (Å²) >= 11 is 1.72. The number of aliphatic imine (C=N–C) groups is 1. The first-order valence-corrected chi connectivity index (χ1v) is 8.10. The molecule has 0 saturated carbocycles. The Morgan fingerprint density at radius 2 is 1.81 bits per heavy atom. The fraction of sp³-hybridized carbons (Fsp3) is 0.375. The second kappa shape index (κ2) is 7.78. The van der Waals surface area contributed by atoms with Crippen molar-refractivity contribution < 1.29 is 0 Å². The van der Waals surface area contributed by atoms with E-state index in [0.717, 1.165) is 29.8 Å². The highest BCUT2D eigenvalue weighted by atomic mass is 32.1. The van der Waals surface area contributed by atoms with Gasteiger partial charge < -0.3 is 10.6 Å². The molecule has 0 aliphatic heterocycles. The summed E-state index contributed by atoms with van der Waals surface area (Å²) in [4.78, 5) is 10.5. The van der Waals surface area contributed by atoms with E-state index in [9.17, 15) is 0 Å². The second-order valence-electron chi connectivity index (χ2n) is 4.62. The summed E-state index contributed by atoms with van der Waals surface area (Å²) in [5.41, 5.74) is 2.23. The summed E-state index contributed by atoms with van der Waals surface area (Å²) < 4.78 is 0. The van der Waals surface area contributed by atoms with E-state index in [4.69, 9.17) is 0 Å². The third kappa shape index (κ3) is 4.29. The lowest BCUT2D eigenvalue weighted by molar-refractivity contribution is 0.840. The highest BCUT2D eigenvalue weighted by Gasteiger charge is 2.09. The topological polar surface area (TPSA) is 49.3 Å². The maximum atomic E-state index is 4.66. The lowest BCUT2D eigenvalue weighted by atomic mass is 10.2. The quantitative estimate of drug-likeness (QED) is 0.659. The molecular weight excluding hydrogens is 280 g/mol. The van der Waals surface area contributed by atoms with Crippen LogP contribution in [0, 0.1) is 6.92 Å². The number of guanidine groups is 1. The Labute approximate surface area is 130 Å². The molecule has 5 heteroatoms. The molecule has 1 aromatic heterocycles. The molecule has 112 valence electrons. The molecule has 0 amide bonds. The fourth-order valence-electron chi connectivity index (χ4n) is 1.94. The van der Waals surface area contributed by atoms with Gasteiger partial charge in [-0.25, -0.2) is 9.98 Å². The zero-order chi connectivity index (χ0) is 15.1. The minimum Gasteiger partial charge on any atom is -0.357 e. The van der Waals surface area contributed by atoms with Gasteiger partial charge in [-0.15, -0.1) is 11.3 Å². The monoisotopic (exact) mass is 302 g/mol. The van der Waals surface area contributed by atoms with Crippen LogP contribution in [-0.2, 0) is 6.54 Å². The van der Waals surface area contributed by atoms with Crippen LogP contribution < -0.4 is 10.6 Å². The molecule has 0 aliphatic carbocycles. The van der Waals surface area contributed by atoms with Crippen molar-refractivity contribution in [1.29, 1.82) is 0 Å². The van der Waals surface area contributed by atoms with Gasteiger partial charge in [0.05, 0.1) is 12.2 Å². The van der Waals surface area contributed by atoms with Crippen LogP contribution in [-0.4, -0.2) is 24.0 Å². The van der Waals surface area contributed by atoms with Gasteiger partial charge in [-0.3, -0.25) is 0 Å². The number of nitrogens with one attached hydrogen (secondary N) is 2. The van der Waals surface area contributed by atoms with Crippen molar-refractivity contribution in [2.24, 2.45) is 4.99 Å². The van der Waals surface area contributed by atoms with E-state index in [1.807, 2.05) is 25.1 Å². The standard InChI is InChI=1S/C16H22N4S/c1-4-17-16(18-5-2)19-11-14-12(3)20-15(21-14)13-9-7-6-8-10-13/h6-10H,4-5,11H2,1-3H3,(H2,17,18,19). The molecule has 2 N–H and O–H groups in total. The highest BCUT2D eigenvalue weighted by Crippen LogP contribution is 2.28. The first kappa shape index (κ1) is 15.5. The molecule has 1 aromatic carbocycles. The van der Waals surface area contributed by atoms with Gasteiger partial charge in [-0.1, -0.05) is 30.3 Å². The van der Waals surface area contributed by atoms with Crippen LogP contribution in [0.15, 0.2) is 35.3 Å². The number of hydrogen-bond donors (Lipinski definition) is 2. The van der Waals surface area contributed by atoms with Gasteiger partial charge in [0.1, 0.15) is 5.01 Å². The summed E-state index contributed by atoms with van der Waals surface area (Å²) in [5.74, 6) is 0.856. The molecule has 0 bridgehead atoms. The van der Waals surface area contributed by atoms with Crippen LogP contribution in [0.1, 0.15) is 24.4 Å². The van der Waals surface area contributed by atoms with Crippen LogP contribution in [0.25, 0.3) is 10.6 Å². The molecule has 0 unspecified atom stereocenters. The number of thiazole rings is 1. The Morgan fingerprint density at radius 3 is 2.43 bits per heavy atom. The molecule has 1 heterocycles. The van der Waals surface area contributed by atoms with E-state index in [1.54, 1.807) is 11.3 Å². The summed E-state index contributed by atoms with van der Waals surface area (Å²) in [6.45, 7) is 8.57.